The minimum absolute atomic E-state index is 0.00813. The van der Waals surface area contributed by atoms with Crippen molar-refractivity contribution in [3.05, 3.63) is 41.7 Å². The van der Waals surface area contributed by atoms with Crippen LogP contribution in [0.4, 0.5) is 5.82 Å². The monoisotopic (exact) mass is 314 g/mol. The molecule has 0 aliphatic heterocycles. The van der Waals surface area contributed by atoms with Crippen molar-refractivity contribution < 1.29 is 9.42 Å². The Bertz CT molecular complexity index is 822. The van der Waals surface area contributed by atoms with Crippen molar-refractivity contribution in [1.29, 1.82) is 0 Å². The molecule has 2 aromatic heterocycles. The minimum atomic E-state index is -0.393. The number of fused-ring (bicyclic) bond motifs is 1. The normalized spacial score (nSPS) is 11.0. The maximum absolute atomic E-state index is 11.8. The molecule has 0 atom stereocenters. The molecule has 0 saturated heterocycles. The number of para-hydroxylation sites is 1. The van der Waals surface area contributed by atoms with Crippen LogP contribution in [-0.2, 0) is 13.6 Å². The highest BCUT2D eigenvalue weighted by atomic mass is 16.6. The van der Waals surface area contributed by atoms with Gasteiger partial charge in [-0.2, -0.15) is 0 Å². The first-order chi connectivity index (χ1) is 11.2. The number of aryl methyl sites for hydroxylation is 1. The van der Waals surface area contributed by atoms with E-state index in [2.05, 4.69) is 48.5 Å². The first-order valence-electron chi connectivity index (χ1n) is 7.26. The van der Waals surface area contributed by atoms with Gasteiger partial charge in [-0.25, -0.2) is 4.63 Å². The Kier molecular flexibility index (Phi) is 4.24. The summed E-state index contributed by atoms with van der Waals surface area (Å²) in [6.45, 7) is 1.81. The van der Waals surface area contributed by atoms with Gasteiger partial charge >= 0.3 is 0 Å². The van der Waals surface area contributed by atoms with Gasteiger partial charge in [0.2, 0.25) is 11.5 Å². The Hall–Kier alpha value is -2.87. The van der Waals surface area contributed by atoms with Gasteiger partial charge in [0.25, 0.3) is 5.91 Å². The van der Waals surface area contributed by atoms with Crippen LogP contribution in [0.25, 0.3) is 10.9 Å². The Morgan fingerprint density at radius 1 is 1.30 bits per heavy atom. The van der Waals surface area contributed by atoms with Gasteiger partial charge < -0.3 is 20.9 Å². The maximum atomic E-state index is 11.8. The summed E-state index contributed by atoms with van der Waals surface area (Å²) in [6.07, 6.45) is 2.11. The Labute approximate surface area is 132 Å². The fraction of sp³-hybridized carbons (Fsp3) is 0.267. The van der Waals surface area contributed by atoms with Crippen LogP contribution >= 0.6 is 0 Å². The lowest BCUT2D eigenvalue weighted by atomic mass is 10.2. The van der Waals surface area contributed by atoms with Crippen LogP contribution in [0.1, 0.15) is 16.1 Å². The molecule has 0 saturated carbocycles. The number of hydrogen-bond donors (Lipinski definition) is 3. The van der Waals surface area contributed by atoms with Gasteiger partial charge in [-0.1, -0.05) is 18.2 Å². The van der Waals surface area contributed by atoms with Crippen LogP contribution in [0.3, 0.4) is 0 Å². The van der Waals surface area contributed by atoms with E-state index in [-0.39, 0.29) is 11.5 Å². The summed E-state index contributed by atoms with van der Waals surface area (Å²) in [5, 5.41) is 14.1. The number of anilines is 1. The van der Waals surface area contributed by atoms with Gasteiger partial charge in [-0.3, -0.25) is 4.79 Å². The van der Waals surface area contributed by atoms with Gasteiger partial charge in [0, 0.05) is 43.8 Å². The number of aromatic nitrogens is 3. The molecule has 0 radical (unpaired) electrons. The highest BCUT2D eigenvalue weighted by Gasteiger charge is 2.14. The Balaban J connectivity index is 1.48. The number of carbonyl (C=O) groups excluding carboxylic acids is 1. The third-order valence-corrected chi connectivity index (χ3v) is 3.61. The molecule has 0 fully saturated rings. The third kappa shape index (κ3) is 3.16. The van der Waals surface area contributed by atoms with Crippen LogP contribution in [-0.4, -0.2) is 33.9 Å². The zero-order chi connectivity index (χ0) is 16.2. The molecule has 23 heavy (non-hydrogen) atoms. The van der Waals surface area contributed by atoms with Crippen LogP contribution in [0.5, 0.6) is 0 Å². The van der Waals surface area contributed by atoms with Crippen LogP contribution in [0.2, 0.25) is 0 Å². The molecular formula is C15H18N6O2. The molecule has 2 heterocycles. The fourth-order valence-corrected chi connectivity index (χ4v) is 2.49. The molecular weight excluding hydrogens is 296 g/mol. The summed E-state index contributed by atoms with van der Waals surface area (Å²) in [5.41, 5.74) is 7.89. The van der Waals surface area contributed by atoms with Crippen molar-refractivity contribution in [2.75, 3.05) is 18.8 Å². The van der Waals surface area contributed by atoms with Crippen molar-refractivity contribution in [2.45, 2.75) is 6.54 Å². The van der Waals surface area contributed by atoms with Gasteiger partial charge in [0.05, 0.1) is 0 Å². The molecule has 3 rings (SSSR count). The summed E-state index contributed by atoms with van der Waals surface area (Å²) < 4.78 is 6.50. The van der Waals surface area contributed by atoms with Crippen LogP contribution in [0.15, 0.2) is 35.1 Å². The fourth-order valence-electron chi connectivity index (χ4n) is 2.49. The molecule has 0 unspecified atom stereocenters. The average molecular weight is 314 g/mol. The summed E-state index contributed by atoms with van der Waals surface area (Å²) in [5.74, 6) is -0.401. The second-order valence-electron chi connectivity index (χ2n) is 5.21. The SMILES string of the molecule is Cn1cc(CNCCNC(=O)c2nonc2N)c2ccccc21. The number of amides is 1. The second-order valence-corrected chi connectivity index (χ2v) is 5.21. The van der Waals surface area contributed by atoms with Gasteiger partial charge in [0.15, 0.2) is 0 Å². The number of rotatable bonds is 6. The largest absolute Gasteiger partial charge is 0.379 e. The molecule has 1 amide bonds. The van der Waals surface area contributed by atoms with E-state index in [9.17, 15) is 4.79 Å². The first-order valence-corrected chi connectivity index (χ1v) is 7.26. The third-order valence-electron chi connectivity index (χ3n) is 3.61. The van der Waals surface area contributed by atoms with Gasteiger partial charge in [-0.15, -0.1) is 0 Å². The van der Waals surface area contributed by atoms with E-state index < -0.39 is 5.91 Å². The lowest BCUT2D eigenvalue weighted by Crippen LogP contribution is -2.32. The summed E-state index contributed by atoms with van der Waals surface area (Å²) in [6, 6.07) is 8.26. The molecule has 120 valence electrons. The topological polar surface area (TPSA) is 111 Å². The Morgan fingerprint density at radius 3 is 2.91 bits per heavy atom. The molecule has 0 aliphatic carbocycles. The number of carbonyl (C=O) groups is 1. The zero-order valence-electron chi connectivity index (χ0n) is 12.7. The van der Waals surface area contributed by atoms with E-state index in [1.165, 1.54) is 16.5 Å². The summed E-state index contributed by atoms with van der Waals surface area (Å²) in [4.78, 5) is 11.8. The van der Waals surface area contributed by atoms with E-state index in [1.54, 1.807) is 0 Å². The van der Waals surface area contributed by atoms with E-state index >= 15 is 0 Å². The lowest BCUT2D eigenvalue weighted by Gasteiger charge is -2.05. The van der Waals surface area contributed by atoms with Crippen molar-refractivity contribution in [1.82, 2.24) is 25.5 Å². The van der Waals surface area contributed by atoms with Gasteiger partial charge in [0.1, 0.15) is 0 Å². The number of nitrogens with zero attached hydrogens (tertiary/aromatic N) is 3. The van der Waals surface area contributed by atoms with Crippen LogP contribution in [0, 0.1) is 0 Å². The first kappa shape index (κ1) is 15.0. The average Bonchev–Trinajstić information content (AvgIpc) is 3.11. The molecule has 8 nitrogen and oxygen atoms in total. The molecule has 3 aromatic rings. The molecule has 0 aliphatic rings. The van der Waals surface area contributed by atoms with E-state index in [0.717, 1.165) is 6.54 Å². The molecule has 0 bridgehead atoms. The van der Waals surface area contributed by atoms with Crippen LogP contribution < -0.4 is 16.4 Å². The quantitative estimate of drug-likeness (QED) is 0.577. The summed E-state index contributed by atoms with van der Waals surface area (Å²) >= 11 is 0. The van der Waals surface area contributed by atoms with Gasteiger partial charge in [-0.05, 0) is 21.9 Å². The second kappa shape index (κ2) is 6.49. The van der Waals surface area contributed by atoms with Crippen molar-refractivity contribution in [3.63, 3.8) is 0 Å². The lowest BCUT2D eigenvalue weighted by molar-refractivity contribution is 0.0944. The smallest absolute Gasteiger partial charge is 0.277 e. The molecule has 4 N–H and O–H groups in total. The van der Waals surface area contributed by atoms with E-state index in [1.807, 2.05) is 19.2 Å². The number of nitrogen functional groups attached to an aromatic ring is 1. The van der Waals surface area contributed by atoms with Crippen molar-refractivity contribution in [2.24, 2.45) is 7.05 Å². The predicted molar refractivity (Wildman–Crippen MR) is 85.7 cm³/mol. The highest BCUT2D eigenvalue weighted by molar-refractivity contribution is 5.95. The standard InChI is InChI=1S/C15H18N6O2/c1-21-9-10(11-4-2-3-5-12(11)21)8-17-6-7-18-15(22)13-14(16)20-23-19-13/h2-5,9,17H,6-8H2,1H3,(H2,16,20)(H,18,22). The number of benzene rings is 1. The highest BCUT2D eigenvalue weighted by Crippen LogP contribution is 2.19. The minimum Gasteiger partial charge on any atom is -0.379 e. The maximum Gasteiger partial charge on any atom is 0.277 e. The molecule has 1 aromatic carbocycles. The molecule has 8 heteroatoms. The Morgan fingerprint density at radius 2 is 2.13 bits per heavy atom. The number of hydrogen-bond acceptors (Lipinski definition) is 6. The van der Waals surface area contributed by atoms with Crippen molar-refractivity contribution in [3.8, 4) is 0 Å². The number of nitrogens with two attached hydrogens (primary N) is 1. The van der Waals surface area contributed by atoms with E-state index in [4.69, 9.17) is 5.73 Å². The van der Waals surface area contributed by atoms with E-state index in [0.29, 0.717) is 13.1 Å². The summed E-state index contributed by atoms with van der Waals surface area (Å²) in [7, 11) is 2.03. The zero-order valence-corrected chi connectivity index (χ0v) is 12.7. The predicted octanol–water partition coefficient (Wildman–Crippen LogP) is 0.663. The molecule has 0 spiro atoms. The number of nitrogens with one attached hydrogen (secondary N) is 2. The van der Waals surface area contributed by atoms with Crippen molar-refractivity contribution >= 4 is 22.6 Å².